The van der Waals surface area contributed by atoms with Crippen LogP contribution in [-0.4, -0.2) is 177 Å². The molecular formula is C74H82N10O20. The Morgan fingerprint density at radius 2 is 0.712 bits per heavy atom. The van der Waals surface area contributed by atoms with Crippen LogP contribution in [0.1, 0.15) is 119 Å². The second-order valence-electron chi connectivity index (χ2n) is 22.0. The maximum absolute atomic E-state index is 13.3. The van der Waals surface area contributed by atoms with Crippen molar-refractivity contribution in [1.82, 2.24) is 39.0 Å². The molecule has 3 aliphatic heterocycles. The lowest BCUT2D eigenvalue weighted by Crippen LogP contribution is -2.42. The molecule has 104 heavy (non-hydrogen) atoms. The van der Waals surface area contributed by atoms with Gasteiger partial charge >= 0.3 is 41.8 Å². The first-order valence-corrected chi connectivity index (χ1v) is 30.5. The number of hydrogen-bond acceptors (Lipinski definition) is 28. The van der Waals surface area contributed by atoms with Gasteiger partial charge in [0.15, 0.2) is 53.7 Å². The van der Waals surface area contributed by atoms with Gasteiger partial charge in [-0.15, -0.1) is 0 Å². The van der Waals surface area contributed by atoms with Crippen LogP contribution >= 0.6 is 0 Å². The van der Waals surface area contributed by atoms with E-state index in [1.165, 1.54) is 34.4 Å². The number of aromatic nitrogens is 8. The van der Waals surface area contributed by atoms with Crippen LogP contribution in [0.2, 0.25) is 0 Å². The van der Waals surface area contributed by atoms with Crippen molar-refractivity contribution in [3.63, 3.8) is 0 Å². The van der Waals surface area contributed by atoms with Crippen LogP contribution in [0.4, 0.5) is 11.6 Å². The van der Waals surface area contributed by atoms with Crippen LogP contribution in [0.25, 0.3) is 22.3 Å². The molecule has 3 unspecified atom stereocenters. The Bertz CT molecular complexity index is 4430. The highest BCUT2D eigenvalue weighted by molar-refractivity contribution is 5.93. The number of nitrogen functional groups attached to an aromatic ring is 2. The number of ether oxygens (including phenoxy) is 10. The zero-order chi connectivity index (χ0) is 69.5. The molecule has 7 N–H and O–H groups in total. The number of nitrogens with zero attached hydrogens (tertiary/aromatic N) is 8. The van der Waals surface area contributed by atoms with Crippen molar-refractivity contribution in [2.75, 3.05) is 31.3 Å². The summed E-state index contributed by atoms with van der Waals surface area (Å²) in [4.78, 5) is 114. The number of aliphatic hydroxyl groups is 3. The zero-order valence-electron chi connectivity index (χ0n) is 52.2. The molecule has 4 aromatic heterocycles. The molecule has 7 heterocycles. The smallest absolute Gasteiger partial charge is 0.338 e. The summed E-state index contributed by atoms with van der Waals surface area (Å²) in [6, 6.07) is 49.7. The lowest BCUT2D eigenvalue weighted by Gasteiger charge is -2.25. The minimum Gasteiger partial charge on any atom is -0.459 e. The van der Waals surface area contributed by atoms with E-state index < -0.39 is 122 Å². The first-order chi connectivity index (χ1) is 48.0. The molecule has 3 saturated heterocycles. The van der Waals surface area contributed by atoms with Gasteiger partial charge in [-0.3, -0.25) is 13.9 Å². The van der Waals surface area contributed by atoms with Crippen molar-refractivity contribution >= 4 is 75.7 Å². The van der Waals surface area contributed by atoms with E-state index in [2.05, 4.69) is 29.9 Å². The minimum absolute atomic E-state index is 0. The predicted molar refractivity (Wildman–Crippen MR) is 377 cm³/mol. The molecule has 0 amide bonds. The largest absolute Gasteiger partial charge is 0.459 e. The van der Waals surface area contributed by atoms with E-state index in [4.69, 9.17) is 63.9 Å². The molecule has 10 aromatic rings. The number of carbonyl (C=O) groups excluding carboxylic acids is 7. The highest BCUT2D eigenvalue weighted by atomic mass is 16.8. The molecule has 0 aliphatic carbocycles. The molecule has 0 bridgehead atoms. The number of aliphatic hydroxyl groups excluding tert-OH is 3. The Balaban J connectivity index is 0.000000254. The van der Waals surface area contributed by atoms with Gasteiger partial charge in [0.1, 0.15) is 67.4 Å². The molecular weight excluding hydrogens is 1350 g/mol. The number of nitrogens with two attached hydrogens (primary N) is 2. The maximum Gasteiger partial charge on any atom is 0.338 e. The van der Waals surface area contributed by atoms with Crippen molar-refractivity contribution in [2.24, 2.45) is 0 Å². The van der Waals surface area contributed by atoms with Crippen LogP contribution in [0.3, 0.4) is 0 Å². The van der Waals surface area contributed by atoms with Crippen molar-refractivity contribution in [1.29, 1.82) is 0 Å². The standard InChI is InChI=1S/C31H25N5O7.C28H24O9.C10H13N5O4.5CH4/c32-26-23-27(34-17-33-26)36(18-35-23)28-25(43-31(39)21-14-8-3-9-15-21)24(42-30(38)20-12-6-2-7-13-20)22(41-28)16-40-29(37)19-10-4-1-5-11-19;1-18(29)34-28-24(37-27(32)21-15-9-4-10-16-21)23(36-26(31)20-13-7-3-8-14-20)22(35-28)17-33-25(30)19-11-5-2-6-12-19;11-8-5-9(13-2-12-8)15(3-14-5)10-7(18)6(17)4(1-16)19-10;;;;;/h1-15,17-18,22,24-25,28H,16H2,(H2,32,33,34);2-16,22-24,28H,17H2,1H3;2-4,6-7,10,16-18H,1H2,(H2,11,12,13);5*1H4/t22-,24+,25?,28-;22-,23+,24?,28-;4-,6+,7?,10-;;;;;/m000...../s1. The number of carbonyl (C=O) groups is 7. The van der Waals surface area contributed by atoms with Gasteiger partial charge in [-0.1, -0.05) is 146 Å². The lowest BCUT2D eigenvalue weighted by atomic mass is 10.1. The van der Waals surface area contributed by atoms with E-state index in [1.54, 1.807) is 182 Å². The third-order valence-corrected chi connectivity index (χ3v) is 15.5. The van der Waals surface area contributed by atoms with Crippen LogP contribution in [0, 0.1) is 0 Å². The molecule has 548 valence electrons. The number of benzene rings is 6. The number of hydrogen-bond donors (Lipinski definition) is 5. The highest BCUT2D eigenvalue weighted by Gasteiger charge is 2.54. The van der Waals surface area contributed by atoms with Gasteiger partial charge in [-0.05, 0) is 72.8 Å². The molecule has 13 rings (SSSR count). The Morgan fingerprint density at radius 3 is 1.07 bits per heavy atom. The molecule has 3 fully saturated rings. The average molecular weight is 1430 g/mol. The number of fused-ring (bicyclic) bond motifs is 2. The second-order valence-corrected chi connectivity index (χ2v) is 22.0. The predicted octanol–water partition coefficient (Wildman–Crippen LogP) is 8.40. The Labute approximate surface area is 598 Å². The first-order valence-electron chi connectivity index (χ1n) is 30.5. The van der Waals surface area contributed by atoms with Crippen LogP contribution in [0.15, 0.2) is 207 Å². The topological polar surface area (TPSA) is 412 Å². The average Bonchev–Trinajstić information content (AvgIpc) is 1.61. The SMILES string of the molecule is C.C.C.C.C.CC(=O)O[C@H]1O[C@@H](COC(=O)c2ccccc2)[C@@H](OC(=O)c2ccccc2)C1OC(=O)c1ccccc1.Nc1ncnc2c1ncn2[C@H]1O[C@@H](CO)[C@@H](O)C1O.Nc1ncnc2c1ncn2[C@H]1O[C@@H](COC(=O)c2ccccc2)[C@@H](OC(=O)c2ccccc2)C1OC(=O)c1ccccc1. The van der Waals surface area contributed by atoms with E-state index in [0.29, 0.717) is 33.5 Å². The zero-order valence-corrected chi connectivity index (χ0v) is 52.2. The Kier molecular flexibility index (Phi) is 29.3. The Hall–Kier alpha value is -11.9. The third kappa shape index (κ3) is 19.0. The van der Waals surface area contributed by atoms with Crippen molar-refractivity contribution < 1.29 is 96.2 Å². The molecule has 30 heteroatoms. The summed E-state index contributed by atoms with van der Waals surface area (Å²) in [5.74, 6) is -4.42. The molecule has 3 aliphatic rings. The molecule has 30 nitrogen and oxygen atoms in total. The summed E-state index contributed by atoms with van der Waals surface area (Å²) in [5, 5.41) is 28.7. The van der Waals surface area contributed by atoms with Gasteiger partial charge in [0.2, 0.25) is 12.4 Å². The highest BCUT2D eigenvalue weighted by Crippen LogP contribution is 2.38. The van der Waals surface area contributed by atoms with E-state index >= 15 is 0 Å². The Morgan fingerprint density at radius 1 is 0.394 bits per heavy atom. The summed E-state index contributed by atoms with van der Waals surface area (Å²) >= 11 is 0. The molecule has 0 saturated carbocycles. The van der Waals surface area contributed by atoms with Crippen molar-refractivity contribution in [3.8, 4) is 0 Å². The fourth-order valence-corrected chi connectivity index (χ4v) is 10.6. The summed E-state index contributed by atoms with van der Waals surface area (Å²) in [7, 11) is 0. The van der Waals surface area contributed by atoms with E-state index in [9.17, 15) is 43.8 Å². The molecule has 6 aromatic carbocycles. The van der Waals surface area contributed by atoms with Gasteiger partial charge in [-0.25, -0.2) is 58.7 Å². The quantitative estimate of drug-likeness (QED) is 0.0397. The summed E-state index contributed by atoms with van der Waals surface area (Å²) < 4.78 is 59.9. The normalized spacial score (nSPS) is 21.0. The van der Waals surface area contributed by atoms with E-state index in [-0.39, 0.29) is 84.2 Å². The van der Waals surface area contributed by atoms with Crippen LogP contribution in [0.5, 0.6) is 0 Å². The maximum atomic E-state index is 13.3. The number of esters is 7. The molecule has 0 radical (unpaired) electrons. The van der Waals surface area contributed by atoms with Gasteiger partial charge in [0, 0.05) is 6.92 Å². The monoisotopic (exact) mass is 1430 g/mol. The van der Waals surface area contributed by atoms with Gasteiger partial charge in [0.25, 0.3) is 0 Å². The van der Waals surface area contributed by atoms with E-state index in [0.717, 1.165) is 6.92 Å². The number of rotatable bonds is 18. The lowest BCUT2D eigenvalue weighted by molar-refractivity contribution is -0.188. The van der Waals surface area contributed by atoms with Gasteiger partial charge < -0.3 is 74.2 Å². The molecule has 12 atom stereocenters. The minimum atomic E-state index is -1.40. The second kappa shape index (κ2) is 37.7. The number of anilines is 2. The van der Waals surface area contributed by atoms with E-state index in [1.807, 2.05) is 0 Å². The van der Waals surface area contributed by atoms with Crippen LogP contribution in [-0.2, 0) is 52.2 Å². The third-order valence-electron chi connectivity index (χ3n) is 15.5. The summed E-state index contributed by atoms with van der Waals surface area (Å²) in [6.07, 6.45) is -8.39. The van der Waals surface area contributed by atoms with Crippen LogP contribution < -0.4 is 11.5 Å². The van der Waals surface area contributed by atoms with Crippen molar-refractivity contribution in [2.45, 2.75) is 118 Å². The van der Waals surface area contributed by atoms with Gasteiger partial charge in [-0.2, -0.15) is 0 Å². The van der Waals surface area contributed by atoms with Gasteiger partial charge in [0.05, 0.1) is 52.6 Å². The fourth-order valence-electron chi connectivity index (χ4n) is 10.6. The molecule has 0 spiro atoms. The summed E-state index contributed by atoms with van der Waals surface area (Å²) in [5.41, 5.74) is 14.7. The first kappa shape index (κ1) is 81.0. The van der Waals surface area contributed by atoms with Crippen molar-refractivity contribution in [3.05, 3.63) is 241 Å². The summed E-state index contributed by atoms with van der Waals surface area (Å²) in [6.45, 7) is 0.0867. The fraction of sp³-hybridized carbons (Fsp3) is 0.284. The number of imidazole rings is 2.